The van der Waals surface area contributed by atoms with Gasteiger partial charge in [-0.2, -0.15) is 13.2 Å². The number of aryl methyl sites for hydroxylation is 1. The fourth-order valence-corrected chi connectivity index (χ4v) is 5.08. The molecule has 41 heavy (non-hydrogen) atoms. The third-order valence-electron chi connectivity index (χ3n) is 6.76. The van der Waals surface area contributed by atoms with Crippen LogP contribution in [0.25, 0.3) is 22.6 Å². The van der Waals surface area contributed by atoms with Crippen LogP contribution in [0.4, 0.5) is 19.0 Å². The number of aromatic nitrogens is 7. The fourth-order valence-electron chi connectivity index (χ4n) is 4.36. The van der Waals surface area contributed by atoms with Crippen molar-refractivity contribution in [1.82, 2.24) is 34.5 Å². The molecule has 0 aromatic carbocycles. The van der Waals surface area contributed by atoms with Gasteiger partial charge >= 0.3 is 6.18 Å². The van der Waals surface area contributed by atoms with Crippen LogP contribution in [-0.2, 0) is 17.3 Å². The largest absolute Gasteiger partial charge is 0.480 e. The van der Waals surface area contributed by atoms with Gasteiger partial charge in [-0.1, -0.05) is 6.92 Å². The second-order valence-electron chi connectivity index (χ2n) is 9.55. The Hall–Kier alpha value is -4.01. The van der Waals surface area contributed by atoms with E-state index in [9.17, 15) is 22.2 Å². The van der Waals surface area contributed by atoms with Crippen LogP contribution in [0.15, 0.2) is 34.3 Å². The highest BCUT2D eigenvalue weighted by atomic mass is 32.2. The predicted octanol–water partition coefficient (Wildman–Crippen LogP) is 4.10. The number of anilines is 1. The summed E-state index contributed by atoms with van der Waals surface area (Å²) >= 11 is 0. The molecule has 216 valence electrons. The Labute approximate surface area is 235 Å². The van der Waals surface area contributed by atoms with E-state index in [1.165, 1.54) is 19.6 Å². The molecule has 0 amide bonds. The van der Waals surface area contributed by atoms with Crippen LogP contribution in [0, 0.1) is 6.92 Å². The molecule has 2 atom stereocenters. The summed E-state index contributed by atoms with van der Waals surface area (Å²) in [4.78, 5) is 40.1. The summed E-state index contributed by atoms with van der Waals surface area (Å²) in [7, 11) is 0.238. The SMILES string of the molecule is CCS(=O)c1ccc(CNc2nc3c(C)nc(-c4c(OC)ncnc4C4CC4)nc3n(C(C)C(F)(F)F)c2=O)nc1. The summed E-state index contributed by atoms with van der Waals surface area (Å²) in [6.45, 7) is 4.25. The molecule has 11 nitrogen and oxygen atoms in total. The molecule has 1 N–H and O–H groups in total. The van der Waals surface area contributed by atoms with E-state index in [4.69, 9.17) is 4.74 Å². The maximum atomic E-state index is 14.1. The quantitative estimate of drug-likeness (QED) is 0.304. The molecule has 4 aromatic heterocycles. The van der Waals surface area contributed by atoms with Crippen molar-refractivity contribution in [3.8, 4) is 17.3 Å². The van der Waals surface area contributed by atoms with Crippen LogP contribution >= 0.6 is 0 Å². The number of rotatable bonds is 9. The molecule has 4 aromatic rings. The third-order valence-corrected chi connectivity index (χ3v) is 8.05. The molecule has 0 spiro atoms. The van der Waals surface area contributed by atoms with Gasteiger partial charge in [0.1, 0.15) is 23.4 Å². The molecule has 4 heterocycles. The van der Waals surface area contributed by atoms with Gasteiger partial charge in [0, 0.05) is 17.9 Å². The first-order chi connectivity index (χ1) is 19.5. The maximum absolute atomic E-state index is 14.1. The maximum Gasteiger partial charge on any atom is 0.409 e. The van der Waals surface area contributed by atoms with Crippen LogP contribution in [0.3, 0.4) is 0 Å². The topological polar surface area (TPSA) is 138 Å². The first-order valence-electron chi connectivity index (χ1n) is 12.9. The van der Waals surface area contributed by atoms with Gasteiger partial charge in [0.2, 0.25) is 5.88 Å². The number of hydrogen-bond acceptors (Lipinski definition) is 10. The molecule has 1 fully saturated rings. The Morgan fingerprint density at radius 1 is 1.17 bits per heavy atom. The van der Waals surface area contributed by atoms with Gasteiger partial charge in [-0.25, -0.2) is 24.9 Å². The summed E-state index contributed by atoms with van der Waals surface area (Å²) in [5.74, 6) is 0.494. The summed E-state index contributed by atoms with van der Waals surface area (Å²) in [6, 6.07) is 1.06. The van der Waals surface area contributed by atoms with Crippen molar-refractivity contribution in [3.63, 3.8) is 0 Å². The van der Waals surface area contributed by atoms with E-state index in [1.807, 2.05) is 0 Å². The average Bonchev–Trinajstić information content (AvgIpc) is 3.80. The highest BCUT2D eigenvalue weighted by Gasteiger charge is 2.40. The van der Waals surface area contributed by atoms with E-state index in [0.29, 0.717) is 32.2 Å². The van der Waals surface area contributed by atoms with Gasteiger partial charge in [0.15, 0.2) is 17.3 Å². The van der Waals surface area contributed by atoms with Gasteiger partial charge in [-0.05, 0) is 38.8 Å². The van der Waals surface area contributed by atoms with Gasteiger partial charge in [0.05, 0.1) is 46.4 Å². The Bertz CT molecular complexity index is 1690. The molecule has 1 aliphatic rings. The van der Waals surface area contributed by atoms with E-state index in [-0.39, 0.29) is 46.8 Å². The molecule has 0 saturated heterocycles. The number of nitrogens with one attached hydrogen (secondary N) is 1. The lowest BCUT2D eigenvalue weighted by Crippen LogP contribution is -2.35. The minimum Gasteiger partial charge on any atom is -0.480 e. The number of alkyl halides is 3. The molecule has 15 heteroatoms. The zero-order valence-electron chi connectivity index (χ0n) is 22.7. The smallest absolute Gasteiger partial charge is 0.409 e. The minimum absolute atomic E-state index is 0.00548. The van der Waals surface area contributed by atoms with E-state index >= 15 is 0 Å². The highest BCUT2D eigenvalue weighted by molar-refractivity contribution is 7.85. The summed E-state index contributed by atoms with van der Waals surface area (Å²) < 4.78 is 60.2. The Balaban J connectivity index is 1.63. The van der Waals surface area contributed by atoms with E-state index in [2.05, 4.69) is 35.2 Å². The van der Waals surface area contributed by atoms with Crippen LogP contribution < -0.4 is 15.6 Å². The summed E-state index contributed by atoms with van der Waals surface area (Å²) in [6.07, 6.45) is -0.157. The van der Waals surface area contributed by atoms with Crippen LogP contribution in [0.5, 0.6) is 5.88 Å². The summed E-state index contributed by atoms with van der Waals surface area (Å²) in [5.41, 5.74) is 0.498. The first-order valence-corrected chi connectivity index (χ1v) is 14.2. The molecule has 1 aliphatic carbocycles. The second-order valence-corrected chi connectivity index (χ2v) is 11.3. The number of methoxy groups -OCH3 is 1. The second kappa shape index (κ2) is 11.1. The third kappa shape index (κ3) is 5.62. The Kier molecular flexibility index (Phi) is 7.72. The van der Waals surface area contributed by atoms with E-state index < -0.39 is 28.6 Å². The van der Waals surface area contributed by atoms with E-state index in [0.717, 1.165) is 19.8 Å². The molecule has 2 unspecified atom stereocenters. The monoisotopic (exact) mass is 588 g/mol. The van der Waals surface area contributed by atoms with Crippen molar-refractivity contribution in [1.29, 1.82) is 0 Å². The Morgan fingerprint density at radius 2 is 1.93 bits per heavy atom. The molecule has 5 rings (SSSR count). The number of pyridine rings is 1. The van der Waals surface area contributed by atoms with Crippen LogP contribution in [0.2, 0.25) is 0 Å². The average molecular weight is 589 g/mol. The van der Waals surface area contributed by atoms with Crippen molar-refractivity contribution in [2.75, 3.05) is 18.2 Å². The number of ether oxygens (including phenoxy) is 1. The lowest BCUT2D eigenvalue weighted by molar-refractivity contribution is -0.162. The normalized spacial score (nSPS) is 15.1. The minimum atomic E-state index is -4.76. The number of nitrogens with zero attached hydrogens (tertiary/aromatic N) is 7. The highest BCUT2D eigenvalue weighted by Crippen LogP contribution is 2.45. The number of fused-ring (bicyclic) bond motifs is 1. The van der Waals surface area contributed by atoms with Gasteiger partial charge < -0.3 is 10.1 Å². The van der Waals surface area contributed by atoms with E-state index in [1.54, 1.807) is 26.0 Å². The molecule has 1 saturated carbocycles. The lowest BCUT2D eigenvalue weighted by atomic mass is 10.1. The standard InChI is InChI=1S/C26H27F3N8O3S/c1-5-41(39)17-9-8-16(30-11-17)10-31-22-25(38)37(14(3)26(27,28)29)23-19(35-22)13(2)34-21(36-23)18-20(15-6-7-15)32-12-33-24(18)40-4/h8-9,11-12,14-15H,5-7,10H2,1-4H3,(H,31,35). The van der Waals surface area contributed by atoms with Crippen molar-refractivity contribution < 1.29 is 22.1 Å². The predicted molar refractivity (Wildman–Crippen MR) is 145 cm³/mol. The van der Waals surface area contributed by atoms with Gasteiger partial charge in [-0.3, -0.25) is 18.6 Å². The van der Waals surface area contributed by atoms with Crippen molar-refractivity contribution in [2.45, 2.75) is 63.2 Å². The molecule has 0 radical (unpaired) electrons. The number of hydrogen-bond donors (Lipinski definition) is 1. The summed E-state index contributed by atoms with van der Waals surface area (Å²) in [5, 5.41) is 2.81. The number of halogens is 3. The molecule has 0 bridgehead atoms. The zero-order chi connectivity index (χ0) is 29.5. The molecule has 0 aliphatic heterocycles. The van der Waals surface area contributed by atoms with Gasteiger partial charge in [0.25, 0.3) is 5.56 Å². The molecular formula is C26H27F3N8O3S. The fraction of sp³-hybridized carbons (Fsp3) is 0.423. The lowest BCUT2D eigenvalue weighted by Gasteiger charge is -2.22. The van der Waals surface area contributed by atoms with Crippen LogP contribution in [-0.4, -0.2) is 57.7 Å². The van der Waals surface area contributed by atoms with Crippen molar-refractivity contribution in [3.05, 3.63) is 52.1 Å². The zero-order valence-corrected chi connectivity index (χ0v) is 23.5. The van der Waals surface area contributed by atoms with Crippen LogP contribution in [0.1, 0.15) is 55.7 Å². The van der Waals surface area contributed by atoms with Crippen molar-refractivity contribution >= 4 is 27.8 Å². The van der Waals surface area contributed by atoms with Gasteiger partial charge in [-0.15, -0.1) is 0 Å². The molecular weight excluding hydrogens is 561 g/mol. The first kappa shape index (κ1) is 28.5. The Morgan fingerprint density at radius 3 is 2.54 bits per heavy atom. The van der Waals surface area contributed by atoms with Crippen molar-refractivity contribution in [2.24, 2.45) is 0 Å².